The van der Waals surface area contributed by atoms with Crippen molar-refractivity contribution in [3.05, 3.63) is 89.1 Å². The quantitative estimate of drug-likeness (QED) is 0.144. The van der Waals surface area contributed by atoms with Gasteiger partial charge in [-0.3, -0.25) is 20.4 Å². The molecule has 6 nitrogen and oxygen atoms in total. The van der Waals surface area contributed by atoms with Crippen molar-refractivity contribution in [3.63, 3.8) is 0 Å². The first-order valence-corrected chi connectivity index (χ1v) is 11.7. The number of pyridine rings is 1. The summed E-state index contributed by atoms with van der Waals surface area (Å²) in [6.45, 7) is 3.92. The molecule has 0 fully saturated rings. The van der Waals surface area contributed by atoms with Crippen LogP contribution in [-0.4, -0.2) is 33.3 Å². The van der Waals surface area contributed by atoms with Gasteiger partial charge in [-0.1, -0.05) is 17.9 Å². The zero-order valence-electron chi connectivity index (χ0n) is 21.2. The summed E-state index contributed by atoms with van der Waals surface area (Å²) in [6, 6.07) is 8.91. The number of anilines is 2. The Morgan fingerprint density at radius 3 is 2.51 bits per heavy atom. The summed E-state index contributed by atoms with van der Waals surface area (Å²) < 4.78 is 72.7. The molecular weight excluding hydrogens is 515 g/mol. The lowest BCUT2D eigenvalue weighted by Gasteiger charge is -2.26. The maximum atomic E-state index is 15.1. The van der Waals surface area contributed by atoms with Crippen LogP contribution in [0.15, 0.2) is 54.9 Å². The average Bonchev–Trinajstić information content (AvgIpc) is 2.87. The molecular formula is C28H23F5N6. The molecule has 0 aliphatic heterocycles. The second kappa shape index (κ2) is 10.6. The molecule has 4 rings (SSSR count). The number of fused-ring (bicyclic) bond motifs is 1. The van der Waals surface area contributed by atoms with Gasteiger partial charge in [-0.25, -0.2) is 22.0 Å². The highest BCUT2D eigenvalue weighted by atomic mass is 19.3. The molecule has 0 bridgehead atoms. The summed E-state index contributed by atoms with van der Waals surface area (Å²) in [4.78, 5) is 8.85. The molecule has 0 amide bonds. The van der Waals surface area contributed by atoms with Gasteiger partial charge in [0, 0.05) is 23.6 Å². The van der Waals surface area contributed by atoms with Crippen molar-refractivity contribution < 1.29 is 22.0 Å². The first kappa shape index (κ1) is 27.4. The van der Waals surface area contributed by atoms with E-state index in [0.29, 0.717) is 0 Å². The van der Waals surface area contributed by atoms with E-state index in [9.17, 15) is 17.6 Å². The lowest BCUT2D eigenvalue weighted by molar-refractivity contribution is 0.157. The Hall–Kier alpha value is -4.59. The standard InChI is InChI=1S/C28H23F5N6/c1-16(34)39-22-7-6-21(30)25(33)24(22)26(37-27(39)35)38(15-23(31)32)20-12-17(11-19(29)13-20)8-9-28(2,3)18-5-4-10-36-14-18/h4-7,10-14,23,34-35H,15H2,1-3H3. The number of nitrogens with one attached hydrogen (secondary N) is 2. The van der Waals surface area contributed by atoms with E-state index in [1.807, 2.05) is 19.9 Å². The summed E-state index contributed by atoms with van der Waals surface area (Å²) in [6.07, 6.45) is 0.273. The molecule has 200 valence electrons. The van der Waals surface area contributed by atoms with E-state index >= 15 is 4.39 Å². The molecule has 2 heterocycles. The van der Waals surface area contributed by atoms with Crippen molar-refractivity contribution in [3.8, 4) is 11.8 Å². The van der Waals surface area contributed by atoms with Crippen molar-refractivity contribution in [2.75, 3.05) is 11.4 Å². The van der Waals surface area contributed by atoms with E-state index < -0.39 is 52.7 Å². The summed E-state index contributed by atoms with van der Waals surface area (Å²) in [5, 5.41) is 15.7. The van der Waals surface area contributed by atoms with Crippen LogP contribution in [-0.2, 0) is 5.41 Å². The summed E-state index contributed by atoms with van der Waals surface area (Å²) in [7, 11) is 0. The van der Waals surface area contributed by atoms with Crippen molar-refractivity contribution in [1.29, 1.82) is 10.8 Å². The number of alkyl halides is 2. The van der Waals surface area contributed by atoms with E-state index in [0.717, 1.165) is 39.3 Å². The zero-order chi connectivity index (χ0) is 28.5. The molecule has 0 spiro atoms. The Morgan fingerprint density at radius 1 is 1.13 bits per heavy atom. The Balaban J connectivity index is 1.93. The van der Waals surface area contributed by atoms with Crippen molar-refractivity contribution in [2.24, 2.45) is 0 Å². The molecule has 0 saturated carbocycles. The highest BCUT2D eigenvalue weighted by Gasteiger charge is 2.25. The third-order valence-corrected chi connectivity index (χ3v) is 5.97. The molecule has 0 unspecified atom stereocenters. The van der Waals surface area contributed by atoms with Crippen LogP contribution in [0.25, 0.3) is 10.9 Å². The molecule has 2 aromatic carbocycles. The largest absolute Gasteiger partial charge is 0.320 e. The minimum atomic E-state index is -2.99. The number of benzene rings is 2. The molecule has 0 saturated heterocycles. The van der Waals surface area contributed by atoms with Crippen LogP contribution in [0.1, 0.15) is 31.9 Å². The summed E-state index contributed by atoms with van der Waals surface area (Å²) >= 11 is 0. The average molecular weight is 539 g/mol. The Morgan fingerprint density at radius 2 is 1.87 bits per heavy atom. The van der Waals surface area contributed by atoms with Crippen LogP contribution in [0.3, 0.4) is 0 Å². The SMILES string of the molecule is CC(=N)n1c(=N)nc(N(CC(F)F)c2cc(F)cc(C#CC(C)(C)c3cccnc3)c2)c2c(F)c(F)ccc21. The molecule has 11 heteroatoms. The first-order chi connectivity index (χ1) is 18.4. The van der Waals surface area contributed by atoms with Crippen LogP contribution >= 0.6 is 0 Å². The molecule has 0 aliphatic carbocycles. The molecule has 4 aromatic rings. The van der Waals surface area contributed by atoms with Gasteiger partial charge in [0.15, 0.2) is 11.6 Å². The number of hydrogen-bond donors (Lipinski definition) is 2. The summed E-state index contributed by atoms with van der Waals surface area (Å²) in [5.74, 6) is 1.66. The molecule has 39 heavy (non-hydrogen) atoms. The van der Waals surface area contributed by atoms with E-state index in [2.05, 4.69) is 21.8 Å². The van der Waals surface area contributed by atoms with Gasteiger partial charge in [0.25, 0.3) is 6.43 Å². The van der Waals surface area contributed by atoms with Gasteiger partial charge in [0.05, 0.1) is 22.9 Å². The fourth-order valence-corrected chi connectivity index (χ4v) is 4.08. The summed E-state index contributed by atoms with van der Waals surface area (Å²) in [5.41, 5.74) is -0.594. The number of hydrogen-bond acceptors (Lipinski definition) is 5. The van der Waals surface area contributed by atoms with E-state index in [1.54, 1.807) is 18.5 Å². The van der Waals surface area contributed by atoms with Crippen molar-refractivity contribution >= 4 is 28.2 Å². The highest BCUT2D eigenvalue weighted by Crippen LogP contribution is 2.34. The number of halogens is 5. The second-order valence-electron chi connectivity index (χ2n) is 9.25. The molecule has 0 atom stereocenters. The molecule has 0 radical (unpaired) electrons. The monoisotopic (exact) mass is 538 g/mol. The first-order valence-electron chi connectivity index (χ1n) is 11.7. The zero-order valence-corrected chi connectivity index (χ0v) is 21.2. The van der Waals surface area contributed by atoms with E-state index in [4.69, 9.17) is 10.8 Å². The van der Waals surface area contributed by atoms with Gasteiger partial charge in [0.1, 0.15) is 17.5 Å². The Kier molecular flexibility index (Phi) is 7.49. The van der Waals surface area contributed by atoms with Crippen LogP contribution in [0.5, 0.6) is 0 Å². The van der Waals surface area contributed by atoms with Gasteiger partial charge in [-0.15, -0.1) is 0 Å². The maximum Gasteiger partial charge on any atom is 0.256 e. The second-order valence-corrected chi connectivity index (χ2v) is 9.25. The maximum absolute atomic E-state index is 15.1. The topological polar surface area (TPSA) is 81.7 Å². The van der Waals surface area contributed by atoms with Crippen molar-refractivity contribution in [1.82, 2.24) is 14.5 Å². The van der Waals surface area contributed by atoms with Crippen molar-refractivity contribution in [2.45, 2.75) is 32.6 Å². The van der Waals surface area contributed by atoms with E-state index in [1.165, 1.54) is 13.0 Å². The van der Waals surface area contributed by atoms with Crippen LogP contribution in [0, 0.1) is 40.1 Å². The predicted octanol–water partition coefficient (Wildman–Crippen LogP) is 5.91. The molecule has 0 aliphatic rings. The number of aromatic nitrogens is 3. The van der Waals surface area contributed by atoms with Crippen LogP contribution in [0.4, 0.5) is 33.5 Å². The van der Waals surface area contributed by atoms with Gasteiger partial charge < -0.3 is 4.90 Å². The Bertz CT molecular complexity index is 1690. The van der Waals surface area contributed by atoms with Crippen LogP contribution in [0.2, 0.25) is 0 Å². The van der Waals surface area contributed by atoms with Gasteiger partial charge >= 0.3 is 0 Å². The highest BCUT2D eigenvalue weighted by molar-refractivity contribution is 5.97. The smallest absolute Gasteiger partial charge is 0.256 e. The molecule has 2 aromatic heterocycles. The fraction of sp³-hybridized carbons (Fsp3) is 0.214. The van der Waals surface area contributed by atoms with Crippen LogP contribution < -0.4 is 10.5 Å². The number of rotatable bonds is 5. The predicted molar refractivity (Wildman–Crippen MR) is 138 cm³/mol. The lowest BCUT2D eigenvalue weighted by atomic mass is 9.86. The Labute approximate surface area is 220 Å². The van der Waals surface area contributed by atoms with Gasteiger partial charge in [-0.05, 0) is 62.7 Å². The van der Waals surface area contributed by atoms with Gasteiger partial charge in [-0.2, -0.15) is 4.98 Å². The normalized spacial score (nSPS) is 11.4. The third-order valence-electron chi connectivity index (χ3n) is 5.97. The minimum Gasteiger partial charge on any atom is -0.320 e. The lowest BCUT2D eigenvalue weighted by Crippen LogP contribution is -2.33. The third kappa shape index (κ3) is 5.65. The van der Waals surface area contributed by atoms with E-state index in [-0.39, 0.29) is 22.6 Å². The minimum absolute atomic E-state index is 0.134. The fourth-order valence-electron chi connectivity index (χ4n) is 4.08. The van der Waals surface area contributed by atoms with Gasteiger partial charge in [0.2, 0.25) is 5.62 Å². The number of nitrogens with zero attached hydrogens (tertiary/aromatic N) is 4. The molecule has 2 N–H and O–H groups in total.